The highest BCUT2D eigenvalue weighted by atomic mass is 16.5. The van der Waals surface area contributed by atoms with E-state index in [1.165, 1.54) is 0 Å². The van der Waals surface area contributed by atoms with E-state index >= 15 is 0 Å². The third-order valence-corrected chi connectivity index (χ3v) is 12.0. The van der Waals surface area contributed by atoms with Crippen LogP contribution in [-0.4, -0.2) is 39.7 Å². The molecular weight excluding hydrogens is 687 g/mol. The summed E-state index contributed by atoms with van der Waals surface area (Å²) in [5, 5.41) is 6.17. The number of carbonyl (C=O) groups is 3. The zero-order valence-electron chi connectivity index (χ0n) is 37.3. The van der Waals surface area contributed by atoms with E-state index in [1.807, 2.05) is 33.8 Å². The summed E-state index contributed by atoms with van der Waals surface area (Å²) in [4.78, 5) is 55.3. The van der Waals surface area contributed by atoms with Gasteiger partial charge in [-0.1, -0.05) is 130 Å². The fourth-order valence-electron chi connectivity index (χ4n) is 8.56. The number of allylic oxidation sites excluding steroid dienone is 1. The zero-order chi connectivity index (χ0) is 41.4. The Kier molecular flexibility index (Phi) is 16.6. The molecule has 1 aliphatic heterocycles. The Morgan fingerprint density at radius 3 is 1.76 bits per heavy atom. The molecule has 9 heteroatoms. The van der Waals surface area contributed by atoms with Crippen LogP contribution in [0, 0.1) is 46.3 Å². The van der Waals surface area contributed by atoms with Gasteiger partial charge in [-0.2, -0.15) is 0 Å². The van der Waals surface area contributed by atoms with Crippen LogP contribution in [0.2, 0.25) is 0 Å². The summed E-state index contributed by atoms with van der Waals surface area (Å²) >= 11 is 0. The van der Waals surface area contributed by atoms with Gasteiger partial charge in [-0.3, -0.25) is 14.9 Å². The van der Waals surface area contributed by atoms with E-state index in [-0.39, 0.29) is 70.1 Å². The van der Waals surface area contributed by atoms with E-state index in [2.05, 4.69) is 91.8 Å². The van der Waals surface area contributed by atoms with Gasteiger partial charge in [0.25, 0.3) is 0 Å². The lowest BCUT2D eigenvalue weighted by atomic mass is 9.59. The molecule has 2 heterocycles. The zero-order valence-corrected chi connectivity index (χ0v) is 37.3. The lowest BCUT2D eigenvalue weighted by molar-refractivity contribution is -0.164. The normalized spacial score (nSPS) is 22.6. The lowest BCUT2D eigenvalue weighted by Crippen LogP contribution is -2.50. The van der Waals surface area contributed by atoms with E-state index in [0.717, 1.165) is 69.1 Å². The molecule has 1 aromatic rings. The number of imidazole rings is 1. The van der Waals surface area contributed by atoms with Crippen LogP contribution < -0.4 is 10.6 Å². The summed E-state index contributed by atoms with van der Waals surface area (Å²) in [6.07, 6.45) is 10.6. The molecule has 1 fully saturated rings. The summed E-state index contributed by atoms with van der Waals surface area (Å²) in [7, 11) is 0. The van der Waals surface area contributed by atoms with Gasteiger partial charge in [-0.25, -0.2) is 14.8 Å². The number of aromatic amines is 1. The highest BCUT2D eigenvalue weighted by molar-refractivity contribution is 6.25. The number of nitrogens with zero attached hydrogens (tertiary/aromatic N) is 2. The molecular formula is C46H77N5O4. The summed E-state index contributed by atoms with van der Waals surface area (Å²) in [6, 6.07) is 0. The molecule has 1 aliphatic carbocycles. The Bertz CT molecular complexity index is 1540. The molecule has 55 heavy (non-hydrogen) atoms. The van der Waals surface area contributed by atoms with Crippen molar-refractivity contribution in [1.82, 2.24) is 15.3 Å². The monoisotopic (exact) mass is 764 g/mol. The molecule has 3 rings (SSSR count). The van der Waals surface area contributed by atoms with Crippen LogP contribution in [0.15, 0.2) is 21.8 Å². The van der Waals surface area contributed by atoms with Crippen LogP contribution in [0.1, 0.15) is 185 Å². The van der Waals surface area contributed by atoms with Crippen molar-refractivity contribution in [1.29, 1.82) is 0 Å². The number of amidine groups is 1. The van der Waals surface area contributed by atoms with Gasteiger partial charge >= 0.3 is 5.97 Å². The molecule has 4 unspecified atom stereocenters. The van der Waals surface area contributed by atoms with Gasteiger partial charge in [0.05, 0.1) is 17.1 Å². The number of anilines is 1. The highest BCUT2D eigenvalue weighted by Gasteiger charge is 2.49. The fourth-order valence-corrected chi connectivity index (χ4v) is 8.56. The first-order valence-corrected chi connectivity index (χ1v) is 21.7. The van der Waals surface area contributed by atoms with E-state index < -0.39 is 5.97 Å². The number of esters is 1. The molecule has 0 spiro atoms. The fraction of sp³-hybridized carbons (Fsp3) is 0.761. The molecule has 0 aromatic carbocycles. The van der Waals surface area contributed by atoms with Gasteiger partial charge in [-0.15, -0.1) is 0 Å². The number of carbonyl (C=O) groups excluding carboxylic acids is 3. The summed E-state index contributed by atoms with van der Waals surface area (Å²) in [6.45, 7) is 32.4. The van der Waals surface area contributed by atoms with Crippen molar-refractivity contribution >= 4 is 35.6 Å². The predicted molar refractivity (Wildman–Crippen MR) is 228 cm³/mol. The average molecular weight is 764 g/mol. The Labute approximate surface area is 334 Å². The molecule has 1 saturated carbocycles. The van der Waals surface area contributed by atoms with Crippen molar-refractivity contribution in [3.05, 3.63) is 28.2 Å². The number of hydrogen-bond donors (Lipinski definition) is 3. The largest absolute Gasteiger partial charge is 0.458 e. The van der Waals surface area contributed by atoms with E-state index in [0.29, 0.717) is 35.3 Å². The van der Waals surface area contributed by atoms with Crippen LogP contribution >= 0.6 is 0 Å². The summed E-state index contributed by atoms with van der Waals surface area (Å²) in [5.74, 6) is 0.542. The minimum Gasteiger partial charge on any atom is -0.458 e. The van der Waals surface area contributed by atoms with Crippen molar-refractivity contribution in [2.45, 2.75) is 180 Å². The van der Waals surface area contributed by atoms with Gasteiger partial charge in [0.15, 0.2) is 0 Å². The van der Waals surface area contributed by atoms with Crippen LogP contribution in [-0.2, 0) is 19.1 Å². The lowest BCUT2D eigenvalue weighted by Gasteiger charge is -2.50. The first-order valence-electron chi connectivity index (χ1n) is 21.7. The second kappa shape index (κ2) is 19.8. The van der Waals surface area contributed by atoms with Crippen molar-refractivity contribution in [2.75, 3.05) is 5.32 Å². The quantitative estimate of drug-likeness (QED) is 0.145. The van der Waals surface area contributed by atoms with Crippen LogP contribution in [0.4, 0.5) is 5.95 Å². The van der Waals surface area contributed by atoms with E-state index in [1.54, 1.807) is 0 Å². The van der Waals surface area contributed by atoms with Crippen LogP contribution in [0.3, 0.4) is 0 Å². The number of amides is 2. The summed E-state index contributed by atoms with van der Waals surface area (Å²) < 4.78 is 6.79. The molecule has 9 nitrogen and oxygen atoms in total. The number of rotatable bonds is 16. The molecule has 4 atom stereocenters. The number of nitrogens with one attached hydrogen (secondary N) is 3. The number of aliphatic imine (C=N–C) groups is 1. The Balaban J connectivity index is 2.20. The predicted octanol–water partition coefficient (Wildman–Crippen LogP) is 11.4. The van der Waals surface area contributed by atoms with E-state index in [4.69, 9.17) is 14.7 Å². The number of ether oxygens (including phenoxy) is 1. The van der Waals surface area contributed by atoms with Gasteiger partial charge in [-0.05, 0) is 78.8 Å². The third-order valence-electron chi connectivity index (χ3n) is 12.0. The van der Waals surface area contributed by atoms with Gasteiger partial charge in [0.2, 0.25) is 17.8 Å². The average Bonchev–Trinajstić information content (AvgIpc) is 3.65. The Morgan fingerprint density at radius 1 is 0.818 bits per heavy atom. The number of hydrogen-bond acceptors (Lipinski definition) is 6. The molecule has 1 aromatic heterocycles. The van der Waals surface area contributed by atoms with Crippen molar-refractivity contribution in [2.24, 2.45) is 51.3 Å². The highest BCUT2D eigenvalue weighted by Crippen LogP contribution is 2.50. The smallest absolute Gasteiger partial charge is 0.342 e. The Hall–Kier alpha value is -3.23. The number of aromatic nitrogens is 2. The third kappa shape index (κ3) is 11.9. The standard InChI is InChI=1S/C46H77N5O4/c1-16-20-22-30(18-3)41(52)50-40-37(43(54)55-39-32(45(10,11)12)24-29(9)25-33(39)46(13,14)15)36(27(5)6)34(47-40)26-35-38(28(7)8)49-44(48-35)51-42(53)31(19-4)23-21-17-2/h26-33,39H,16-25H2,1-15H3,(H,47,50,52)(H2,48,49,51,53)/b34-26-. The molecule has 2 aliphatic rings. The Morgan fingerprint density at radius 2 is 1.33 bits per heavy atom. The maximum atomic E-state index is 14.9. The van der Waals surface area contributed by atoms with Gasteiger partial charge in [0, 0.05) is 23.7 Å². The summed E-state index contributed by atoms with van der Waals surface area (Å²) in [5.41, 5.74) is 2.98. The molecule has 2 amide bonds. The maximum absolute atomic E-state index is 14.9. The van der Waals surface area contributed by atoms with Gasteiger partial charge < -0.3 is 15.0 Å². The number of H-pyrrole nitrogens is 1. The second-order valence-electron chi connectivity index (χ2n) is 19.3. The molecule has 0 bridgehead atoms. The van der Waals surface area contributed by atoms with Crippen LogP contribution in [0.25, 0.3) is 6.08 Å². The van der Waals surface area contributed by atoms with Crippen molar-refractivity contribution in [3.63, 3.8) is 0 Å². The van der Waals surface area contributed by atoms with Crippen molar-refractivity contribution in [3.8, 4) is 0 Å². The van der Waals surface area contributed by atoms with Gasteiger partial charge in [0.1, 0.15) is 17.5 Å². The van der Waals surface area contributed by atoms with E-state index in [9.17, 15) is 14.4 Å². The van der Waals surface area contributed by atoms with Crippen LogP contribution in [0.5, 0.6) is 0 Å². The number of unbranched alkanes of at least 4 members (excludes halogenated alkanes) is 2. The molecule has 3 N–H and O–H groups in total. The SMILES string of the molecule is CCCCC(CC)C(=O)NC1=N/C(=C\c2[nH]c(NC(=O)C(CC)CCCC)nc2C(C)C)C(C(C)C)=C1C(=O)OC1C(C(C)(C)C)CC(C)CC1C(C)(C)C. The minimum atomic E-state index is -0.435. The second-order valence-corrected chi connectivity index (χ2v) is 19.3. The molecule has 310 valence electrons. The minimum absolute atomic E-state index is 0.0383. The maximum Gasteiger partial charge on any atom is 0.342 e. The molecule has 0 saturated heterocycles. The first kappa shape index (κ1) is 46.2. The van der Waals surface area contributed by atoms with Crippen molar-refractivity contribution < 1.29 is 19.1 Å². The first-order chi connectivity index (χ1) is 25.7. The molecule has 0 radical (unpaired) electrons. The topological polar surface area (TPSA) is 126 Å².